The van der Waals surface area contributed by atoms with Gasteiger partial charge in [-0.2, -0.15) is 0 Å². The molecule has 1 saturated heterocycles. The van der Waals surface area contributed by atoms with E-state index in [4.69, 9.17) is 5.11 Å². The van der Waals surface area contributed by atoms with Gasteiger partial charge in [-0.25, -0.2) is 4.79 Å². The van der Waals surface area contributed by atoms with Gasteiger partial charge in [0.15, 0.2) is 0 Å². The summed E-state index contributed by atoms with van der Waals surface area (Å²) in [6, 6.07) is 7.87. The molecule has 1 atom stereocenters. The van der Waals surface area contributed by atoms with Gasteiger partial charge >= 0.3 is 5.97 Å². The molecule has 2 heterocycles. The van der Waals surface area contributed by atoms with E-state index in [9.17, 15) is 4.79 Å². The molecule has 2 aliphatic rings. The summed E-state index contributed by atoms with van der Waals surface area (Å²) >= 11 is 0. The average molecular weight is 246 g/mol. The molecule has 18 heavy (non-hydrogen) atoms. The molecular formula is C14H18N2O2. The van der Waals surface area contributed by atoms with Gasteiger partial charge in [0.05, 0.1) is 0 Å². The molecule has 1 aromatic carbocycles. The maximum absolute atomic E-state index is 11.1. The van der Waals surface area contributed by atoms with Gasteiger partial charge in [0.25, 0.3) is 0 Å². The molecule has 0 aliphatic carbocycles. The van der Waals surface area contributed by atoms with Crippen LogP contribution in [0.1, 0.15) is 12.8 Å². The fraction of sp³-hybridized carbons (Fsp3) is 0.357. The minimum absolute atomic E-state index is 0.334. The van der Waals surface area contributed by atoms with E-state index in [0.29, 0.717) is 0 Å². The van der Waals surface area contributed by atoms with Crippen molar-refractivity contribution >= 4 is 17.7 Å². The molecule has 4 nitrogen and oxygen atoms in total. The molecule has 3 rings (SSSR count). The minimum Gasteiger partial charge on any atom is -0.480 e. The summed E-state index contributed by atoms with van der Waals surface area (Å²) in [6.45, 7) is 0.726. The molecule has 96 valence electrons. The highest BCUT2D eigenvalue weighted by Gasteiger charge is 2.33. The van der Waals surface area contributed by atoms with Gasteiger partial charge in [-0.15, -0.1) is 0 Å². The largest absolute Gasteiger partial charge is 0.480 e. The number of fused-ring (bicyclic) bond motifs is 2. The summed E-state index contributed by atoms with van der Waals surface area (Å²) in [5, 5.41) is 11.6. The summed E-state index contributed by atoms with van der Waals surface area (Å²) in [6.07, 6.45) is 3.72. The van der Waals surface area contributed by atoms with Crippen molar-refractivity contribution in [3.05, 3.63) is 34.7 Å². The maximum atomic E-state index is 11.1. The SMILES string of the molecule is CN.O=C(O)C1CCC2=c3ccccc3=CCN21. The number of benzene rings is 1. The minimum atomic E-state index is -0.706. The molecule has 1 unspecified atom stereocenters. The van der Waals surface area contributed by atoms with Crippen LogP contribution in [0.3, 0.4) is 0 Å². The van der Waals surface area contributed by atoms with Crippen LogP contribution in [-0.2, 0) is 4.79 Å². The Hall–Kier alpha value is -1.81. The van der Waals surface area contributed by atoms with Gasteiger partial charge in [0, 0.05) is 17.5 Å². The molecule has 0 radical (unpaired) electrons. The van der Waals surface area contributed by atoms with Crippen LogP contribution in [-0.4, -0.2) is 35.6 Å². The Labute approximate surface area is 106 Å². The molecule has 4 heteroatoms. The van der Waals surface area contributed by atoms with Crippen molar-refractivity contribution in [3.63, 3.8) is 0 Å². The van der Waals surface area contributed by atoms with Crippen LogP contribution in [0, 0.1) is 0 Å². The molecule has 0 saturated carbocycles. The number of hydrogen-bond donors (Lipinski definition) is 2. The molecule has 1 fully saturated rings. The van der Waals surface area contributed by atoms with Crippen LogP contribution < -0.4 is 16.2 Å². The van der Waals surface area contributed by atoms with Crippen LogP contribution in [0.5, 0.6) is 0 Å². The van der Waals surface area contributed by atoms with Gasteiger partial charge in [0.2, 0.25) is 0 Å². The highest BCUT2D eigenvalue weighted by atomic mass is 16.4. The smallest absolute Gasteiger partial charge is 0.326 e. The normalized spacial score (nSPS) is 20.2. The van der Waals surface area contributed by atoms with Crippen LogP contribution in [0.15, 0.2) is 24.3 Å². The number of aliphatic carboxylic acids is 1. The number of hydrogen-bond acceptors (Lipinski definition) is 3. The van der Waals surface area contributed by atoms with Crippen molar-refractivity contribution in [2.75, 3.05) is 13.6 Å². The molecule has 2 aliphatic heterocycles. The Bertz CT molecular complexity index is 565. The fourth-order valence-electron chi connectivity index (χ4n) is 2.68. The lowest BCUT2D eigenvalue weighted by atomic mass is 10.1. The first-order chi connectivity index (χ1) is 8.77. The second-order valence-corrected chi connectivity index (χ2v) is 4.28. The third-order valence-electron chi connectivity index (χ3n) is 3.44. The highest BCUT2D eigenvalue weighted by molar-refractivity contribution is 5.77. The molecule has 0 spiro atoms. The van der Waals surface area contributed by atoms with Gasteiger partial charge in [-0.3, -0.25) is 0 Å². The number of carbonyl (C=O) groups is 1. The monoisotopic (exact) mass is 246 g/mol. The second kappa shape index (κ2) is 5.23. The van der Waals surface area contributed by atoms with E-state index in [1.54, 1.807) is 0 Å². The first kappa shape index (κ1) is 12.6. The average Bonchev–Trinajstić information content (AvgIpc) is 2.85. The van der Waals surface area contributed by atoms with Crippen molar-refractivity contribution in [1.82, 2.24) is 4.90 Å². The molecule has 1 aromatic rings. The summed E-state index contributed by atoms with van der Waals surface area (Å²) in [4.78, 5) is 13.1. The number of nitrogens with two attached hydrogens (primary N) is 1. The Balaban J connectivity index is 0.000000574. The van der Waals surface area contributed by atoms with Gasteiger partial charge < -0.3 is 15.7 Å². The zero-order chi connectivity index (χ0) is 13.1. The van der Waals surface area contributed by atoms with Crippen molar-refractivity contribution in [2.45, 2.75) is 18.9 Å². The van der Waals surface area contributed by atoms with E-state index in [0.717, 1.165) is 19.4 Å². The quantitative estimate of drug-likeness (QED) is 0.715. The second-order valence-electron chi connectivity index (χ2n) is 4.28. The van der Waals surface area contributed by atoms with Crippen molar-refractivity contribution in [3.8, 4) is 0 Å². The third kappa shape index (κ3) is 1.99. The Morgan fingerprint density at radius 2 is 2.11 bits per heavy atom. The summed E-state index contributed by atoms with van der Waals surface area (Å²) < 4.78 is 0. The standard InChI is InChI=1S/C13H13NO2.CH5N/c15-13(16)12-6-5-11-10-4-2-1-3-9(10)7-8-14(11)12;1-2/h1-4,7,12H,5-6,8H2,(H,15,16);2H2,1H3. The van der Waals surface area contributed by atoms with Crippen LogP contribution >= 0.6 is 0 Å². The van der Waals surface area contributed by atoms with Crippen LogP contribution in [0.2, 0.25) is 0 Å². The van der Waals surface area contributed by atoms with E-state index in [2.05, 4.69) is 23.9 Å². The van der Waals surface area contributed by atoms with E-state index >= 15 is 0 Å². The molecule has 0 bridgehead atoms. The topological polar surface area (TPSA) is 66.6 Å². The van der Waals surface area contributed by atoms with Gasteiger partial charge in [0.1, 0.15) is 6.04 Å². The Morgan fingerprint density at radius 3 is 2.83 bits per heavy atom. The van der Waals surface area contributed by atoms with E-state index in [-0.39, 0.29) is 6.04 Å². The number of carboxylic acids is 1. The Morgan fingerprint density at radius 1 is 1.39 bits per heavy atom. The Kier molecular flexibility index (Phi) is 3.67. The van der Waals surface area contributed by atoms with E-state index in [1.807, 2.05) is 17.0 Å². The number of nitrogens with zero attached hydrogens (tertiary/aromatic N) is 1. The first-order valence-electron chi connectivity index (χ1n) is 6.13. The maximum Gasteiger partial charge on any atom is 0.326 e. The van der Waals surface area contributed by atoms with Gasteiger partial charge in [-0.05, 0) is 25.1 Å². The zero-order valence-corrected chi connectivity index (χ0v) is 10.5. The molecule has 3 N–H and O–H groups in total. The summed E-state index contributed by atoms with van der Waals surface area (Å²) in [5.41, 5.74) is 5.70. The number of rotatable bonds is 1. The number of carboxylic acid groups (broad SMARTS) is 1. The summed E-state index contributed by atoms with van der Waals surface area (Å²) in [7, 11) is 1.50. The lowest BCUT2D eigenvalue weighted by molar-refractivity contribution is -0.141. The van der Waals surface area contributed by atoms with Crippen LogP contribution in [0.4, 0.5) is 0 Å². The zero-order valence-electron chi connectivity index (χ0n) is 10.5. The molecule has 0 amide bonds. The van der Waals surface area contributed by atoms with Crippen molar-refractivity contribution in [1.29, 1.82) is 0 Å². The van der Waals surface area contributed by atoms with Crippen molar-refractivity contribution < 1.29 is 9.90 Å². The van der Waals surface area contributed by atoms with Crippen LogP contribution in [0.25, 0.3) is 11.8 Å². The molecule has 0 aromatic heterocycles. The van der Waals surface area contributed by atoms with Gasteiger partial charge in [-0.1, -0.05) is 30.3 Å². The highest BCUT2D eigenvalue weighted by Crippen LogP contribution is 2.28. The fourth-order valence-corrected chi connectivity index (χ4v) is 2.68. The predicted octanol–water partition coefficient (Wildman–Crippen LogP) is -0.287. The van der Waals surface area contributed by atoms with Crippen molar-refractivity contribution in [2.24, 2.45) is 5.73 Å². The lowest BCUT2D eigenvalue weighted by Gasteiger charge is -2.26. The lowest BCUT2D eigenvalue weighted by Crippen LogP contribution is -2.42. The third-order valence-corrected chi connectivity index (χ3v) is 3.44. The van der Waals surface area contributed by atoms with E-state index in [1.165, 1.54) is 23.2 Å². The summed E-state index contributed by atoms with van der Waals surface area (Å²) in [5.74, 6) is -0.706. The predicted molar refractivity (Wildman–Crippen MR) is 71.0 cm³/mol. The molecular weight excluding hydrogens is 228 g/mol. The van der Waals surface area contributed by atoms with E-state index < -0.39 is 5.97 Å². The first-order valence-corrected chi connectivity index (χ1v) is 6.13.